The van der Waals surface area contributed by atoms with Crippen LogP contribution in [0.3, 0.4) is 0 Å². The van der Waals surface area contributed by atoms with Gasteiger partial charge in [-0.1, -0.05) is 87.5 Å². The van der Waals surface area contributed by atoms with E-state index in [4.69, 9.17) is 9.47 Å². The van der Waals surface area contributed by atoms with Gasteiger partial charge in [0.05, 0.1) is 19.4 Å². The van der Waals surface area contributed by atoms with Crippen molar-refractivity contribution in [2.24, 2.45) is 5.41 Å². The maximum atomic E-state index is 14.5. The second-order valence-electron chi connectivity index (χ2n) is 11.7. The van der Waals surface area contributed by atoms with Crippen molar-refractivity contribution in [1.29, 1.82) is 0 Å². The summed E-state index contributed by atoms with van der Waals surface area (Å²) in [7, 11) is 1.33. The van der Waals surface area contributed by atoms with Crippen molar-refractivity contribution in [3.8, 4) is 5.75 Å². The molecule has 0 aliphatic rings. The third kappa shape index (κ3) is 8.79. The van der Waals surface area contributed by atoms with Crippen molar-refractivity contribution in [3.05, 3.63) is 126 Å². The summed E-state index contributed by atoms with van der Waals surface area (Å²) in [5.74, 6) is -0.597. The van der Waals surface area contributed by atoms with E-state index in [1.807, 2.05) is 63.2 Å². The number of carbonyl (C=O) groups excluding carboxylic acids is 3. The Kier molecular flexibility index (Phi) is 11.1. The minimum atomic E-state index is -0.740. The molecule has 234 valence electrons. The number of hydrogen-bond donors (Lipinski definition) is 1. The van der Waals surface area contributed by atoms with Crippen LogP contribution in [0.1, 0.15) is 48.7 Å². The molecule has 0 aliphatic heterocycles. The molecule has 0 aromatic heterocycles. The summed E-state index contributed by atoms with van der Waals surface area (Å²) < 4.78 is 25.5. The van der Waals surface area contributed by atoms with Gasteiger partial charge in [0.25, 0.3) is 0 Å². The zero-order valence-electron chi connectivity index (χ0n) is 26.1. The summed E-state index contributed by atoms with van der Waals surface area (Å²) in [5.41, 5.74) is 1.99. The van der Waals surface area contributed by atoms with Crippen LogP contribution in [0.2, 0.25) is 0 Å². The number of ether oxygens (including phenoxy) is 2. The molecule has 0 fully saturated rings. The molecule has 8 heteroatoms. The molecular formula is C37H39FN2O5. The first kappa shape index (κ1) is 32.9. The van der Waals surface area contributed by atoms with Crippen LogP contribution in [0.15, 0.2) is 103 Å². The predicted molar refractivity (Wildman–Crippen MR) is 174 cm³/mol. The molecule has 0 bridgehead atoms. The molecule has 0 aliphatic carbocycles. The van der Waals surface area contributed by atoms with Crippen LogP contribution >= 0.6 is 0 Å². The summed E-state index contributed by atoms with van der Waals surface area (Å²) in [6, 6.07) is 28.9. The maximum Gasteiger partial charge on any atom is 0.328 e. The monoisotopic (exact) mass is 610 g/mol. The number of rotatable bonds is 13. The van der Waals surface area contributed by atoms with Gasteiger partial charge in [-0.05, 0) is 48.4 Å². The Labute approximate surface area is 264 Å². The highest BCUT2D eigenvalue weighted by atomic mass is 19.1. The molecule has 0 unspecified atom stereocenters. The number of carbonyl (C=O) groups is 3. The van der Waals surface area contributed by atoms with Gasteiger partial charge >= 0.3 is 5.97 Å². The fraction of sp³-hybridized carbons (Fsp3) is 0.270. The highest BCUT2D eigenvalue weighted by Crippen LogP contribution is 2.26. The number of hydrogen-bond acceptors (Lipinski definition) is 6. The summed E-state index contributed by atoms with van der Waals surface area (Å²) in [4.78, 5) is 40.5. The van der Waals surface area contributed by atoms with Crippen LogP contribution < -0.4 is 15.0 Å². The van der Waals surface area contributed by atoms with Gasteiger partial charge in [0, 0.05) is 35.2 Å². The minimum Gasteiger partial charge on any atom is -0.494 e. The van der Waals surface area contributed by atoms with Crippen molar-refractivity contribution in [3.63, 3.8) is 0 Å². The van der Waals surface area contributed by atoms with Crippen LogP contribution in [-0.4, -0.2) is 44.0 Å². The molecule has 0 saturated heterocycles. The van der Waals surface area contributed by atoms with Crippen molar-refractivity contribution in [1.82, 2.24) is 0 Å². The fourth-order valence-corrected chi connectivity index (χ4v) is 4.85. The zero-order chi connectivity index (χ0) is 32.4. The molecule has 4 rings (SSSR count). The van der Waals surface area contributed by atoms with Gasteiger partial charge in [-0.2, -0.15) is 0 Å². The van der Waals surface area contributed by atoms with Crippen molar-refractivity contribution < 1.29 is 28.2 Å². The topological polar surface area (TPSA) is 84.9 Å². The molecular weight excluding hydrogens is 571 g/mol. The maximum absolute atomic E-state index is 14.5. The Hall–Kier alpha value is -4.98. The molecule has 0 heterocycles. The van der Waals surface area contributed by atoms with Gasteiger partial charge in [-0.25, -0.2) is 9.18 Å². The van der Waals surface area contributed by atoms with E-state index in [0.29, 0.717) is 48.6 Å². The summed E-state index contributed by atoms with van der Waals surface area (Å²) in [5, 5.41) is 3.22. The molecule has 1 atom stereocenters. The minimum absolute atomic E-state index is 0.149. The number of amides is 1. The number of methoxy groups -OCH3 is 1. The number of benzene rings is 4. The Morgan fingerprint density at radius 2 is 1.49 bits per heavy atom. The van der Waals surface area contributed by atoms with Crippen LogP contribution in [0.5, 0.6) is 5.75 Å². The number of nitrogens with zero attached hydrogens (tertiary/aromatic N) is 1. The van der Waals surface area contributed by atoms with Gasteiger partial charge in [0.1, 0.15) is 17.6 Å². The average molecular weight is 611 g/mol. The smallest absolute Gasteiger partial charge is 0.328 e. The van der Waals surface area contributed by atoms with Gasteiger partial charge < -0.3 is 19.7 Å². The van der Waals surface area contributed by atoms with E-state index < -0.39 is 23.2 Å². The Bertz CT molecular complexity index is 1600. The van der Waals surface area contributed by atoms with Gasteiger partial charge in [0.2, 0.25) is 5.91 Å². The highest BCUT2D eigenvalue weighted by molar-refractivity contribution is 6.12. The molecule has 4 aromatic carbocycles. The first-order valence-corrected chi connectivity index (χ1v) is 14.9. The van der Waals surface area contributed by atoms with E-state index in [9.17, 15) is 18.8 Å². The molecule has 0 radical (unpaired) electrons. The standard InChI is InChI=1S/C37H39FN2O5/c1-37(2,3)36(43)40(33-18-11-9-16-30(33)38)23-12-24-45-28-21-19-26(20-22-28)25-32(35(42)44-4)39-31-17-10-8-15-29(31)34(41)27-13-6-5-7-14-27/h5-11,13-22,32,39H,12,23-25H2,1-4H3/t32-/m0/s1. The molecule has 4 aromatic rings. The second kappa shape index (κ2) is 15.1. The van der Waals surface area contributed by atoms with E-state index in [1.54, 1.807) is 54.6 Å². The zero-order valence-corrected chi connectivity index (χ0v) is 26.1. The first-order valence-electron chi connectivity index (χ1n) is 14.9. The average Bonchev–Trinajstić information content (AvgIpc) is 3.05. The molecule has 0 spiro atoms. The van der Waals surface area contributed by atoms with E-state index in [1.165, 1.54) is 18.1 Å². The third-order valence-corrected chi connectivity index (χ3v) is 7.21. The van der Waals surface area contributed by atoms with Gasteiger partial charge in [0.15, 0.2) is 5.78 Å². The Morgan fingerprint density at radius 3 is 2.16 bits per heavy atom. The predicted octanol–water partition coefficient (Wildman–Crippen LogP) is 7.10. The molecule has 7 nitrogen and oxygen atoms in total. The fourth-order valence-electron chi connectivity index (χ4n) is 4.85. The van der Waals surface area contributed by atoms with E-state index in [-0.39, 0.29) is 17.4 Å². The third-order valence-electron chi connectivity index (χ3n) is 7.21. The lowest BCUT2D eigenvalue weighted by Crippen LogP contribution is -2.41. The quantitative estimate of drug-likeness (QED) is 0.0988. The number of anilines is 2. The van der Waals surface area contributed by atoms with Gasteiger partial charge in [-0.3, -0.25) is 9.59 Å². The van der Waals surface area contributed by atoms with Crippen molar-refractivity contribution in [2.45, 2.75) is 39.7 Å². The van der Waals surface area contributed by atoms with E-state index in [0.717, 1.165) is 5.56 Å². The lowest BCUT2D eigenvalue weighted by Gasteiger charge is -2.30. The number of esters is 1. The normalized spacial score (nSPS) is 11.8. The van der Waals surface area contributed by atoms with Crippen LogP contribution in [0.25, 0.3) is 0 Å². The van der Waals surface area contributed by atoms with Crippen LogP contribution in [-0.2, 0) is 20.7 Å². The molecule has 45 heavy (non-hydrogen) atoms. The van der Waals surface area contributed by atoms with Crippen LogP contribution in [0.4, 0.5) is 15.8 Å². The van der Waals surface area contributed by atoms with Crippen molar-refractivity contribution >= 4 is 29.0 Å². The highest BCUT2D eigenvalue weighted by Gasteiger charge is 2.29. The summed E-state index contributed by atoms with van der Waals surface area (Å²) in [6.07, 6.45) is 0.806. The SMILES string of the molecule is COC(=O)[C@H](Cc1ccc(OCCCN(C(=O)C(C)(C)C)c2ccccc2F)cc1)Nc1ccccc1C(=O)c1ccccc1. The van der Waals surface area contributed by atoms with Crippen molar-refractivity contribution in [2.75, 3.05) is 30.5 Å². The Balaban J connectivity index is 1.38. The van der Waals surface area contributed by atoms with Crippen LogP contribution in [0, 0.1) is 11.2 Å². The molecule has 1 N–H and O–H groups in total. The number of nitrogens with one attached hydrogen (secondary N) is 1. The lowest BCUT2D eigenvalue weighted by molar-refractivity contribution is -0.141. The summed E-state index contributed by atoms with van der Waals surface area (Å²) in [6.45, 7) is 6.05. The molecule has 0 saturated carbocycles. The second-order valence-corrected chi connectivity index (χ2v) is 11.7. The van der Waals surface area contributed by atoms with E-state index >= 15 is 0 Å². The van der Waals surface area contributed by atoms with E-state index in [2.05, 4.69) is 5.32 Å². The number of halogens is 1. The van der Waals surface area contributed by atoms with Gasteiger partial charge in [-0.15, -0.1) is 0 Å². The molecule has 1 amide bonds. The first-order chi connectivity index (χ1) is 21.6. The largest absolute Gasteiger partial charge is 0.494 e. The lowest BCUT2D eigenvalue weighted by atomic mass is 9.94. The number of para-hydroxylation sites is 2. The number of ketones is 1. The summed E-state index contributed by atoms with van der Waals surface area (Å²) >= 11 is 0. The Morgan fingerprint density at radius 1 is 0.844 bits per heavy atom.